The molecule has 0 spiro atoms. The second kappa shape index (κ2) is 4.37. The molecule has 0 saturated carbocycles. The number of sulfonamides is 1. The van der Waals surface area contributed by atoms with E-state index in [1.54, 1.807) is 12.1 Å². The summed E-state index contributed by atoms with van der Waals surface area (Å²) in [7, 11) is -3.62. The van der Waals surface area contributed by atoms with E-state index in [-0.39, 0.29) is 10.7 Å². The van der Waals surface area contributed by atoms with Crippen LogP contribution in [-0.4, -0.2) is 20.9 Å². The highest BCUT2D eigenvalue weighted by atomic mass is 32.2. The topological polar surface area (TPSA) is 81.8 Å². The van der Waals surface area contributed by atoms with Crippen molar-refractivity contribution < 1.29 is 13.2 Å². The van der Waals surface area contributed by atoms with Gasteiger partial charge in [0, 0.05) is 0 Å². The van der Waals surface area contributed by atoms with Crippen molar-refractivity contribution in [1.82, 2.24) is 0 Å². The van der Waals surface area contributed by atoms with Crippen LogP contribution in [0.15, 0.2) is 27.5 Å². The molecule has 0 bridgehead atoms. The third-order valence-corrected chi connectivity index (χ3v) is 3.83. The van der Waals surface area contributed by atoms with E-state index in [2.05, 4.69) is 11.3 Å². The summed E-state index contributed by atoms with van der Waals surface area (Å²) in [6.07, 6.45) is 1.92. The van der Waals surface area contributed by atoms with Crippen LogP contribution in [0, 0.1) is 0 Å². The van der Waals surface area contributed by atoms with E-state index in [1.807, 2.05) is 0 Å². The van der Waals surface area contributed by atoms with E-state index in [0.29, 0.717) is 17.9 Å². The fraction of sp³-hybridized carbons (Fsp3) is 0.364. The zero-order valence-corrected chi connectivity index (χ0v) is 10.3. The molecule has 5 nitrogen and oxygen atoms in total. The zero-order valence-electron chi connectivity index (χ0n) is 9.51. The molecule has 0 radical (unpaired) electrons. The minimum Gasteiger partial charge on any atom is -0.493 e. The highest BCUT2D eigenvalue weighted by Gasteiger charge is 2.30. The van der Waals surface area contributed by atoms with Crippen LogP contribution in [0.4, 0.5) is 0 Å². The van der Waals surface area contributed by atoms with Crippen LogP contribution < -0.4 is 10.5 Å². The minimum atomic E-state index is -3.62. The van der Waals surface area contributed by atoms with Crippen LogP contribution in [0.2, 0.25) is 0 Å². The van der Waals surface area contributed by atoms with Crippen molar-refractivity contribution in [3.05, 3.63) is 23.8 Å². The van der Waals surface area contributed by atoms with Gasteiger partial charge in [0.15, 0.2) is 0 Å². The van der Waals surface area contributed by atoms with Crippen LogP contribution in [0.5, 0.6) is 5.75 Å². The quantitative estimate of drug-likeness (QED) is 0.820. The third kappa shape index (κ3) is 2.12. The van der Waals surface area contributed by atoms with E-state index in [0.717, 1.165) is 12.8 Å². The lowest BCUT2D eigenvalue weighted by molar-refractivity contribution is 0.308. The van der Waals surface area contributed by atoms with Gasteiger partial charge >= 0.3 is 0 Å². The maximum absolute atomic E-state index is 11.6. The molecule has 17 heavy (non-hydrogen) atoms. The maximum atomic E-state index is 11.6. The Morgan fingerprint density at radius 2 is 2.18 bits per heavy atom. The van der Waals surface area contributed by atoms with Gasteiger partial charge in [-0.05, 0) is 18.6 Å². The van der Waals surface area contributed by atoms with Crippen molar-refractivity contribution in [3.8, 4) is 5.75 Å². The maximum Gasteiger partial charge on any atom is 0.285 e. The standard InChI is InChI=1S/C11H14N2O3S/c1-2-3-7-16-8-5-4-6-9-10(8)11(12)13-17(9,14)15/h4-6H,2-3,7H2,1H3,(H2,12,13). The molecule has 1 heterocycles. The molecule has 0 unspecified atom stereocenters. The number of fused-ring (bicyclic) bond motifs is 1. The van der Waals surface area contributed by atoms with Gasteiger partial charge in [-0.15, -0.1) is 4.40 Å². The lowest BCUT2D eigenvalue weighted by atomic mass is 10.2. The fourth-order valence-corrected chi connectivity index (χ4v) is 2.81. The Labute approximate surface area is 100 Å². The van der Waals surface area contributed by atoms with Crippen molar-refractivity contribution in [2.24, 2.45) is 10.1 Å². The van der Waals surface area contributed by atoms with E-state index < -0.39 is 10.0 Å². The number of hydrogen-bond donors (Lipinski definition) is 1. The lowest BCUT2D eigenvalue weighted by Gasteiger charge is -2.09. The number of amidine groups is 1. The van der Waals surface area contributed by atoms with Gasteiger partial charge in [0.1, 0.15) is 16.5 Å². The normalized spacial score (nSPS) is 16.4. The number of nitrogens with two attached hydrogens (primary N) is 1. The molecular formula is C11H14N2O3S. The smallest absolute Gasteiger partial charge is 0.285 e. The van der Waals surface area contributed by atoms with E-state index in [4.69, 9.17) is 10.5 Å². The molecule has 0 atom stereocenters. The molecule has 1 aliphatic heterocycles. The Morgan fingerprint density at radius 3 is 2.88 bits per heavy atom. The van der Waals surface area contributed by atoms with Gasteiger partial charge in [0.05, 0.1) is 12.2 Å². The summed E-state index contributed by atoms with van der Waals surface area (Å²) in [6, 6.07) is 4.82. The Bertz CT molecular complexity index is 564. The van der Waals surface area contributed by atoms with Gasteiger partial charge in [-0.2, -0.15) is 8.42 Å². The second-order valence-corrected chi connectivity index (χ2v) is 5.36. The fourth-order valence-electron chi connectivity index (χ4n) is 1.65. The van der Waals surface area contributed by atoms with Crippen LogP contribution in [0.1, 0.15) is 25.3 Å². The third-order valence-electron chi connectivity index (χ3n) is 2.50. The van der Waals surface area contributed by atoms with Crippen LogP contribution in [-0.2, 0) is 10.0 Å². The molecule has 2 rings (SSSR count). The van der Waals surface area contributed by atoms with Crippen molar-refractivity contribution >= 4 is 15.9 Å². The number of rotatable bonds is 4. The summed E-state index contributed by atoms with van der Waals surface area (Å²) in [5.41, 5.74) is 6.01. The second-order valence-electron chi connectivity index (χ2n) is 3.78. The monoisotopic (exact) mass is 254 g/mol. The number of nitrogens with zero attached hydrogens (tertiary/aromatic N) is 1. The lowest BCUT2D eigenvalue weighted by Crippen LogP contribution is -2.12. The summed E-state index contributed by atoms with van der Waals surface area (Å²) in [6.45, 7) is 2.60. The molecule has 0 saturated heterocycles. The molecule has 0 aromatic heterocycles. The Morgan fingerprint density at radius 1 is 1.41 bits per heavy atom. The molecule has 0 amide bonds. The van der Waals surface area contributed by atoms with E-state index in [1.165, 1.54) is 6.07 Å². The van der Waals surface area contributed by atoms with Crippen molar-refractivity contribution in [3.63, 3.8) is 0 Å². The zero-order chi connectivity index (χ0) is 12.5. The first-order valence-corrected chi connectivity index (χ1v) is 6.87. The van der Waals surface area contributed by atoms with Crippen LogP contribution in [0.3, 0.4) is 0 Å². The van der Waals surface area contributed by atoms with Crippen molar-refractivity contribution in [2.75, 3.05) is 6.61 Å². The summed E-state index contributed by atoms with van der Waals surface area (Å²) in [5.74, 6) is 0.491. The Kier molecular flexibility index (Phi) is 3.06. The van der Waals surface area contributed by atoms with Crippen molar-refractivity contribution in [2.45, 2.75) is 24.7 Å². The van der Waals surface area contributed by atoms with Gasteiger partial charge in [-0.1, -0.05) is 19.4 Å². The molecule has 92 valence electrons. The van der Waals surface area contributed by atoms with Gasteiger partial charge in [-0.3, -0.25) is 0 Å². The molecule has 0 fully saturated rings. The molecular weight excluding hydrogens is 240 g/mol. The molecule has 1 aliphatic rings. The van der Waals surface area contributed by atoms with Crippen LogP contribution in [0.25, 0.3) is 0 Å². The summed E-state index contributed by atoms with van der Waals surface area (Å²) in [4.78, 5) is 0.129. The summed E-state index contributed by atoms with van der Waals surface area (Å²) < 4.78 is 32.2. The SMILES string of the molecule is CCCCOc1cccc2c1C(N)=NS2(=O)=O. The van der Waals surface area contributed by atoms with E-state index in [9.17, 15) is 8.42 Å². The van der Waals surface area contributed by atoms with Gasteiger partial charge in [-0.25, -0.2) is 0 Å². The van der Waals surface area contributed by atoms with Gasteiger partial charge < -0.3 is 10.5 Å². The first-order chi connectivity index (χ1) is 8.06. The van der Waals surface area contributed by atoms with Gasteiger partial charge in [0.25, 0.3) is 10.0 Å². The predicted molar refractivity (Wildman–Crippen MR) is 64.8 cm³/mol. The van der Waals surface area contributed by atoms with Gasteiger partial charge in [0.2, 0.25) is 0 Å². The first-order valence-electron chi connectivity index (χ1n) is 5.43. The molecule has 6 heteroatoms. The number of hydrogen-bond acceptors (Lipinski definition) is 4. The summed E-state index contributed by atoms with van der Waals surface area (Å²) >= 11 is 0. The molecule has 1 aromatic rings. The highest BCUT2D eigenvalue weighted by molar-refractivity contribution is 7.90. The number of unbranched alkanes of at least 4 members (excludes halogenated alkanes) is 1. The largest absolute Gasteiger partial charge is 0.493 e. The van der Waals surface area contributed by atoms with E-state index >= 15 is 0 Å². The van der Waals surface area contributed by atoms with Crippen LogP contribution >= 0.6 is 0 Å². The Hall–Kier alpha value is -1.56. The predicted octanol–water partition coefficient (Wildman–Crippen LogP) is 1.27. The summed E-state index contributed by atoms with van der Waals surface area (Å²) in [5, 5.41) is 0. The molecule has 0 aliphatic carbocycles. The van der Waals surface area contributed by atoms with Crippen molar-refractivity contribution in [1.29, 1.82) is 0 Å². The molecule has 2 N–H and O–H groups in total. The minimum absolute atomic E-state index is 0.00657. The highest BCUT2D eigenvalue weighted by Crippen LogP contribution is 2.31. The average Bonchev–Trinajstić information content (AvgIpc) is 2.51. The number of ether oxygens (including phenoxy) is 1. The Balaban J connectivity index is 2.39. The molecule has 1 aromatic carbocycles. The average molecular weight is 254 g/mol. The number of benzene rings is 1. The first kappa shape index (κ1) is 11.9.